The molecular weight excluding hydrogens is 762 g/mol. The summed E-state index contributed by atoms with van der Waals surface area (Å²) in [6.45, 7) is 9.44. The summed E-state index contributed by atoms with van der Waals surface area (Å²) in [5, 5.41) is 8.41. The van der Waals surface area contributed by atoms with Crippen LogP contribution in [0.25, 0.3) is 0 Å². The summed E-state index contributed by atoms with van der Waals surface area (Å²) in [6.07, 6.45) is 3.95. The molecule has 1 spiro atoms. The first-order chi connectivity index (χ1) is 27.0. The molecule has 1 aliphatic carbocycles. The van der Waals surface area contributed by atoms with E-state index in [1.54, 1.807) is 33.0 Å². The summed E-state index contributed by atoms with van der Waals surface area (Å²) in [7, 11) is -4.66. The predicted molar refractivity (Wildman–Crippen MR) is 204 cm³/mol. The second-order valence-electron chi connectivity index (χ2n) is 16.0. The summed E-state index contributed by atoms with van der Waals surface area (Å²) in [6, 6.07) is 4.43. The van der Waals surface area contributed by atoms with E-state index in [2.05, 4.69) is 27.5 Å². The molecule has 2 aromatic rings. The van der Waals surface area contributed by atoms with Crippen LogP contribution in [0.1, 0.15) is 83.4 Å². The Bertz CT molecular complexity index is 2000. The molecule has 6 rings (SSSR count). The summed E-state index contributed by atoms with van der Waals surface area (Å²) in [5.74, 6) is -4.02. The van der Waals surface area contributed by atoms with Crippen molar-refractivity contribution in [3.05, 3.63) is 66.3 Å². The molecule has 1 saturated heterocycles. The van der Waals surface area contributed by atoms with Crippen LogP contribution in [0.3, 0.4) is 0 Å². The molecule has 2 fully saturated rings. The molecule has 0 unspecified atom stereocenters. The molecule has 16 nitrogen and oxygen atoms in total. The number of hydrogen-bond acceptors (Lipinski definition) is 11. The Morgan fingerprint density at radius 3 is 2.56 bits per heavy atom. The summed E-state index contributed by atoms with van der Waals surface area (Å²) >= 11 is 0. The Morgan fingerprint density at radius 1 is 1.09 bits per heavy atom. The first kappa shape index (κ1) is 41.4. The number of halogens is 1. The van der Waals surface area contributed by atoms with E-state index >= 15 is 0 Å². The molecule has 3 aliphatic heterocycles. The number of carbonyl (C=O) groups is 5. The fraction of sp³-hybridized carbons (Fsp3) is 0.538. The van der Waals surface area contributed by atoms with Gasteiger partial charge in [0.05, 0.1) is 31.0 Å². The lowest BCUT2D eigenvalue weighted by atomic mass is 10.0. The quantitative estimate of drug-likeness (QED) is 0.328. The summed E-state index contributed by atoms with van der Waals surface area (Å²) in [5.41, 5.74) is -0.948. The van der Waals surface area contributed by atoms with Gasteiger partial charge in [0.2, 0.25) is 11.8 Å². The van der Waals surface area contributed by atoms with Gasteiger partial charge in [0.25, 0.3) is 15.9 Å². The molecule has 5 atom stereocenters. The molecule has 1 aromatic heterocycles. The van der Waals surface area contributed by atoms with Gasteiger partial charge in [-0.05, 0) is 69.9 Å². The third-order valence-corrected chi connectivity index (χ3v) is 11.9. The maximum Gasteiger partial charge on any atom is 0.410 e. The van der Waals surface area contributed by atoms with Gasteiger partial charge in [0.15, 0.2) is 0 Å². The Kier molecular flexibility index (Phi) is 12.1. The number of anilines is 1. The van der Waals surface area contributed by atoms with Gasteiger partial charge in [0, 0.05) is 25.1 Å². The van der Waals surface area contributed by atoms with E-state index < -0.39 is 85.9 Å². The van der Waals surface area contributed by atoms with Crippen molar-refractivity contribution in [2.45, 2.75) is 119 Å². The highest BCUT2D eigenvalue weighted by atomic mass is 32.2. The van der Waals surface area contributed by atoms with Crippen LogP contribution in [0.15, 0.2) is 54.1 Å². The number of amides is 5. The number of ether oxygens (including phenoxy) is 2. The van der Waals surface area contributed by atoms with Crippen molar-refractivity contribution in [2.24, 2.45) is 5.92 Å². The number of aromatic nitrogens is 1. The maximum atomic E-state index is 14.5. The Morgan fingerprint density at radius 2 is 1.84 bits per heavy atom. The van der Waals surface area contributed by atoms with Crippen molar-refractivity contribution in [1.29, 1.82) is 0 Å². The average Bonchev–Trinajstić information content (AvgIpc) is 3.44. The minimum Gasteiger partial charge on any atom is -0.444 e. The molecule has 0 bridgehead atoms. The zero-order chi connectivity index (χ0) is 41.1. The number of hydrogen-bond donors (Lipinski definition) is 4. The van der Waals surface area contributed by atoms with Gasteiger partial charge in [-0.1, -0.05) is 37.8 Å². The highest BCUT2D eigenvalue weighted by Crippen LogP contribution is 2.45. The molecule has 4 N–H and O–H groups in total. The van der Waals surface area contributed by atoms with Crippen LogP contribution >= 0.6 is 0 Å². The molecule has 1 saturated carbocycles. The third kappa shape index (κ3) is 9.65. The smallest absolute Gasteiger partial charge is 0.410 e. The van der Waals surface area contributed by atoms with Gasteiger partial charge in [0.1, 0.15) is 40.0 Å². The van der Waals surface area contributed by atoms with E-state index in [1.807, 2.05) is 10.8 Å². The van der Waals surface area contributed by atoms with Crippen molar-refractivity contribution in [3.63, 3.8) is 0 Å². The Labute approximate surface area is 331 Å². The number of pyridine rings is 1. The molecule has 4 heterocycles. The van der Waals surface area contributed by atoms with Gasteiger partial charge in [-0.2, -0.15) is 0 Å². The second-order valence-corrected chi connectivity index (χ2v) is 17.6. The van der Waals surface area contributed by atoms with Crippen molar-refractivity contribution >= 4 is 45.6 Å². The number of carbonyl (C=O) groups excluding carboxylic acids is 5. The van der Waals surface area contributed by atoms with Crippen LogP contribution in [0.5, 0.6) is 0 Å². The lowest BCUT2D eigenvalue weighted by Crippen LogP contribution is -2.58. The number of rotatable bonds is 3. The van der Waals surface area contributed by atoms with Crippen LogP contribution in [-0.4, -0.2) is 95.5 Å². The minimum absolute atomic E-state index is 0.0106. The van der Waals surface area contributed by atoms with Crippen molar-refractivity contribution in [1.82, 2.24) is 30.1 Å². The molecule has 5 amide bonds. The molecule has 308 valence electrons. The van der Waals surface area contributed by atoms with Gasteiger partial charge in [-0.25, -0.2) is 27.1 Å². The minimum atomic E-state index is -4.66. The number of alkyl carbamates (subject to hydrolysis) is 1. The van der Waals surface area contributed by atoms with E-state index in [-0.39, 0.29) is 44.6 Å². The van der Waals surface area contributed by atoms with Crippen LogP contribution in [0.4, 0.5) is 19.7 Å². The fourth-order valence-corrected chi connectivity index (χ4v) is 8.76. The highest BCUT2D eigenvalue weighted by Gasteiger charge is 2.61. The molecular formula is C39H50FN7O9S. The highest BCUT2D eigenvalue weighted by molar-refractivity contribution is 7.90. The molecule has 1 aromatic carbocycles. The largest absolute Gasteiger partial charge is 0.444 e. The zero-order valence-corrected chi connectivity index (χ0v) is 33.2. The molecule has 57 heavy (non-hydrogen) atoms. The van der Waals surface area contributed by atoms with E-state index in [9.17, 15) is 36.8 Å². The number of fused-ring (bicyclic) bond motifs is 3. The molecule has 18 heteroatoms. The Hall–Kier alpha value is -5.26. The van der Waals surface area contributed by atoms with Gasteiger partial charge >= 0.3 is 12.2 Å². The SMILES string of the molecule is C=C[C@@H]1C[C@@]12NC(=O)[C@@H]1C[C@@H](OC(=O)N3Cc4cccnc4C3)CN1C(=O)[C@@H](NC(=O)OC(C)(C)C)CCCCCCCNc1ccc(F)cc1S(=O)(=O)NC2=O. The average molecular weight is 812 g/mol. The number of nitrogens with zero attached hydrogens (tertiary/aromatic N) is 3. The lowest BCUT2D eigenvalue weighted by molar-refractivity contribution is -0.141. The van der Waals surface area contributed by atoms with E-state index in [0.29, 0.717) is 25.8 Å². The Balaban J connectivity index is 1.29. The van der Waals surface area contributed by atoms with Gasteiger partial charge < -0.3 is 30.3 Å². The van der Waals surface area contributed by atoms with Gasteiger partial charge in [-0.3, -0.25) is 24.3 Å². The molecule has 4 aliphatic rings. The maximum absolute atomic E-state index is 14.5. The third-order valence-electron chi connectivity index (χ3n) is 10.5. The number of nitrogens with one attached hydrogen (secondary N) is 4. The standard InChI is InChI=1S/C39H50FN7O9S/c1-5-25-20-39(25)35(50)45-57(53,54)32-18-26(40)14-15-28(32)41-16-10-8-6-7-9-13-29(43-36(51)56-38(2,3)4)34(49)47-22-27(19-31(47)33(48)44-39)55-37(52)46-21-24-12-11-17-42-30(24)23-46/h5,11-12,14-15,17-18,25,27,29,31,41H,1,6-10,13,16,19-23H2,2-4H3,(H,43,51)(H,44,48)(H,45,50)/t25-,27-,29+,31+,39-/m1/s1. The van der Waals surface area contributed by atoms with Crippen LogP contribution in [-0.2, 0) is 47.0 Å². The van der Waals surface area contributed by atoms with Crippen molar-refractivity contribution in [2.75, 3.05) is 18.4 Å². The normalized spacial score (nSPS) is 26.8. The monoisotopic (exact) mass is 811 g/mol. The lowest BCUT2D eigenvalue weighted by Gasteiger charge is -2.30. The van der Waals surface area contributed by atoms with E-state index in [0.717, 1.165) is 36.2 Å². The zero-order valence-electron chi connectivity index (χ0n) is 32.3. The van der Waals surface area contributed by atoms with Crippen LogP contribution in [0, 0.1) is 11.7 Å². The van der Waals surface area contributed by atoms with Crippen molar-refractivity contribution < 1.29 is 46.3 Å². The number of benzene rings is 1. The van der Waals surface area contributed by atoms with E-state index in [4.69, 9.17) is 9.47 Å². The summed E-state index contributed by atoms with van der Waals surface area (Å²) < 4.78 is 55.1. The van der Waals surface area contributed by atoms with Crippen LogP contribution in [0.2, 0.25) is 0 Å². The van der Waals surface area contributed by atoms with E-state index in [1.165, 1.54) is 21.9 Å². The van der Waals surface area contributed by atoms with Crippen molar-refractivity contribution in [3.8, 4) is 0 Å². The second kappa shape index (κ2) is 16.7. The summed E-state index contributed by atoms with van der Waals surface area (Å²) in [4.78, 5) is 75.7. The first-order valence-electron chi connectivity index (χ1n) is 19.2. The number of sulfonamides is 1. The van der Waals surface area contributed by atoms with Crippen LogP contribution < -0.4 is 20.7 Å². The van der Waals surface area contributed by atoms with Gasteiger partial charge in [-0.15, -0.1) is 6.58 Å². The fourth-order valence-electron chi connectivity index (χ4n) is 7.53. The predicted octanol–water partition coefficient (Wildman–Crippen LogP) is 3.87. The topological polar surface area (TPSA) is 205 Å². The molecule has 0 radical (unpaired) electrons. The first-order valence-corrected chi connectivity index (χ1v) is 20.7.